The molecule has 2 rings (SSSR count). The first kappa shape index (κ1) is 9.45. The molecule has 0 spiro atoms. The fourth-order valence-corrected chi connectivity index (χ4v) is 2.16. The number of nitriles is 2. The molecule has 2 aromatic rings. The van der Waals surface area contributed by atoms with Crippen LogP contribution in [0.1, 0.15) is 11.1 Å². The van der Waals surface area contributed by atoms with Crippen LogP contribution in [0, 0.1) is 22.7 Å². The van der Waals surface area contributed by atoms with Gasteiger partial charge in [-0.25, -0.2) is 0 Å². The summed E-state index contributed by atoms with van der Waals surface area (Å²) in [4.78, 5) is 1.02. The molecule has 15 heavy (non-hydrogen) atoms. The van der Waals surface area contributed by atoms with Gasteiger partial charge in [-0.15, -0.1) is 11.3 Å². The van der Waals surface area contributed by atoms with Crippen molar-refractivity contribution in [2.24, 2.45) is 0 Å². The first-order chi connectivity index (χ1) is 7.36. The van der Waals surface area contributed by atoms with Crippen molar-refractivity contribution in [1.29, 1.82) is 10.5 Å². The van der Waals surface area contributed by atoms with Crippen molar-refractivity contribution in [2.75, 3.05) is 0 Å². The lowest BCUT2D eigenvalue weighted by atomic mass is 10.0. The van der Waals surface area contributed by atoms with Crippen molar-refractivity contribution < 1.29 is 0 Å². The number of benzene rings is 1. The third-order valence-electron chi connectivity index (χ3n) is 2.08. The fourth-order valence-electron chi connectivity index (χ4n) is 1.40. The smallest absolute Gasteiger partial charge is 0.101 e. The molecular formula is C12H6N2S. The zero-order chi connectivity index (χ0) is 10.7. The second-order valence-corrected chi connectivity index (χ2v) is 3.88. The van der Waals surface area contributed by atoms with E-state index in [1.165, 1.54) is 0 Å². The third kappa shape index (κ3) is 1.61. The largest absolute Gasteiger partial charge is 0.192 e. The molecule has 0 aliphatic carbocycles. The molecule has 70 valence electrons. The molecule has 2 nitrogen and oxygen atoms in total. The van der Waals surface area contributed by atoms with Gasteiger partial charge in [0, 0.05) is 10.4 Å². The van der Waals surface area contributed by atoms with Gasteiger partial charge in [0.15, 0.2) is 0 Å². The molecule has 3 heteroatoms. The summed E-state index contributed by atoms with van der Waals surface area (Å²) < 4.78 is 0. The van der Waals surface area contributed by atoms with Crippen LogP contribution >= 0.6 is 11.3 Å². The van der Waals surface area contributed by atoms with Gasteiger partial charge in [-0.1, -0.05) is 18.2 Å². The molecule has 0 fully saturated rings. The molecule has 0 saturated heterocycles. The lowest BCUT2D eigenvalue weighted by Crippen LogP contribution is -1.86. The second-order valence-electron chi connectivity index (χ2n) is 2.93. The maximum absolute atomic E-state index is 9.03. The van der Waals surface area contributed by atoms with Crippen LogP contribution < -0.4 is 0 Å². The molecule has 1 heterocycles. The first-order valence-corrected chi connectivity index (χ1v) is 5.22. The molecule has 0 saturated carbocycles. The standard InChI is InChI=1S/C12H6N2S/c13-7-9-3-1-4-10(11(9)8-14)12-5-2-6-15-12/h1-6H. The van der Waals surface area contributed by atoms with Crippen molar-refractivity contribution in [2.45, 2.75) is 0 Å². The summed E-state index contributed by atoms with van der Waals surface area (Å²) >= 11 is 1.56. The van der Waals surface area contributed by atoms with Crippen LogP contribution in [-0.2, 0) is 0 Å². The van der Waals surface area contributed by atoms with Gasteiger partial charge in [-0.2, -0.15) is 10.5 Å². The van der Waals surface area contributed by atoms with E-state index in [1.54, 1.807) is 23.5 Å². The van der Waals surface area contributed by atoms with Crippen molar-refractivity contribution in [1.82, 2.24) is 0 Å². The summed E-state index contributed by atoms with van der Waals surface area (Å²) in [5.41, 5.74) is 1.73. The maximum Gasteiger partial charge on any atom is 0.101 e. The van der Waals surface area contributed by atoms with Gasteiger partial charge in [-0.3, -0.25) is 0 Å². The Hall–Kier alpha value is -2.10. The number of nitrogens with zero attached hydrogens (tertiary/aromatic N) is 2. The van der Waals surface area contributed by atoms with Crippen molar-refractivity contribution in [3.05, 3.63) is 46.8 Å². The van der Waals surface area contributed by atoms with Gasteiger partial charge in [0.05, 0.1) is 11.1 Å². The summed E-state index contributed by atoms with van der Waals surface area (Å²) in [6.45, 7) is 0. The van der Waals surface area contributed by atoms with Crippen LogP contribution in [0.15, 0.2) is 35.7 Å². The average Bonchev–Trinajstić information content (AvgIpc) is 2.81. The Morgan fingerprint density at radius 1 is 1.00 bits per heavy atom. The molecule has 1 aromatic carbocycles. The summed E-state index contributed by atoms with van der Waals surface area (Å²) in [5, 5.41) is 19.9. The Morgan fingerprint density at radius 3 is 2.47 bits per heavy atom. The fraction of sp³-hybridized carbons (Fsp3) is 0. The molecule has 0 bridgehead atoms. The van der Waals surface area contributed by atoms with E-state index in [9.17, 15) is 0 Å². The van der Waals surface area contributed by atoms with Crippen molar-refractivity contribution >= 4 is 11.3 Å². The lowest BCUT2D eigenvalue weighted by molar-refractivity contribution is 1.43. The van der Waals surface area contributed by atoms with E-state index < -0.39 is 0 Å². The SMILES string of the molecule is N#Cc1cccc(-c2cccs2)c1C#N. The Bertz CT molecular complexity index is 556. The highest BCUT2D eigenvalue weighted by atomic mass is 32.1. The molecular weight excluding hydrogens is 204 g/mol. The van der Waals surface area contributed by atoms with Crippen LogP contribution in [0.4, 0.5) is 0 Å². The molecule has 0 radical (unpaired) electrons. The summed E-state index contributed by atoms with van der Waals surface area (Å²) in [6.07, 6.45) is 0. The van der Waals surface area contributed by atoms with Crippen molar-refractivity contribution in [3.63, 3.8) is 0 Å². The lowest BCUT2D eigenvalue weighted by Gasteiger charge is -2.01. The van der Waals surface area contributed by atoms with E-state index in [0.29, 0.717) is 11.1 Å². The molecule has 0 N–H and O–H groups in total. The zero-order valence-electron chi connectivity index (χ0n) is 7.77. The van der Waals surface area contributed by atoms with Gasteiger partial charge in [0.2, 0.25) is 0 Å². The molecule has 0 amide bonds. The Labute approximate surface area is 91.6 Å². The minimum atomic E-state index is 0.434. The topological polar surface area (TPSA) is 47.6 Å². The molecule has 0 atom stereocenters. The second kappa shape index (κ2) is 3.96. The highest BCUT2D eigenvalue weighted by Gasteiger charge is 2.09. The van der Waals surface area contributed by atoms with Gasteiger partial charge in [0.1, 0.15) is 12.1 Å². The quantitative estimate of drug-likeness (QED) is 0.725. The first-order valence-electron chi connectivity index (χ1n) is 4.34. The number of rotatable bonds is 1. The van der Waals surface area contributed by atoms with Gasteiger partial charge >= 0.3 is 0 Å². The Morgan fingerprint density at radius 2 is 1.87 bits per heavy atom. The van der Waals surface area contributed by atoms with Crippen LogP contribution in [0.3, 0.4) is 0 Å². The third-order valence-corrected chi connectivity index (χ3v) is 2.99. The van der Waals surface area contributed by atoms with E-state index in [1.807, 2.05) is 29.6 Å². The van der Waals surface area contributed by atoms with Crippen LogP contribution in [-0.4, -0.2) is 0 Å². The summed E-state index contributed by atoms with van der Waals surface area (Å²) in [6, 6.07) is 13.3. The van der Waals surface area contributed by atoms with E-state index in [-0.39, 0.29) is 0 Å². The predicted molar refractivity (Wildman–Crippen MR) is 59.2 cm³/mol. The van der Waals surface area contributed by atoms with Crippen LogP contribution in [0.25, 0.3) is 10.4 Å². The van der Waals surface area contributed by atoms with Crippen LogP contribution in [0.5, 0.6) is 0 Å². The van der Waals surface area contributed by atoms with Gasteiger partial charge in [0.25, 0.3) is 0 Å². The van der Waals surface area contributed by atoms with Gasteiger partial charge < -0.3 is 0 Å². The number of thiophene rings is 1. The number of hydrogen-bond acceptors (Lipinski definition) is 3. The van der Waals surface area contributed by atoms with E-state index in [0.717, 1.165) is 10.4 Å². The normalized spacial score (nSPS) is 9.20. The van der Waals surface area contributed by atoms with Gasteiger partial charge in [-0.05, 0) is 17.5 Å². The monoisotopic (exact) mass is 210 g/mol. The van der Waals surface area contributed by atoms with Crippen LogP contribution in [0.2, 0.25) is 0 Å². The molecule has 0 aliphatic heterocycles. The number of hydrogen-bond donors (Lipinski definition) is 0. The Balaban J connectivity index is 2.70. The highest BCUT2D eigenvalue weighted by molar-refractivity contribution is 7.13. The maximum atomic E-state index is 9.03. The molecule has 1 aromatic heterocycles. The molecule has 0 unspecified atom stereocenters. The summed E-state index contributed by atoms with van der Waals surface area (Å²) in [7, 11) is 0. The molecule has 0 aliphatic rings. The average molecular weight is 210 g/mol. The minimum absolute atomic E-state index is 0.434. The van der Waals surface area contributed by atoms with E-state index in [2.05, 4.69) is 6.07 Å². The van der Waals surface area contributed by atoms with E-state index in [4.69, 9.17) is 10.5 Å². The van der Waals surface area contributed by atoms with E-state index >= 15 is 0 Å². The predicted octanol–water partition coefficient (Wildman–Crippen LogP) is 3.16. The summed E-state index contributed by atoms with van der Waals surface area (Å²) in [5.74, 6) is 0. The zero-order valence-corrected chi connectivity index (χ0v) is 8.58. The highest BCUT2D eigenvalue weighted by Crippen LogP contribution is 2.29. The Kier molecular flexibility index (Phi) is 2.49. The van der Waals surface area contributed by atoms with Crippen molar-refractivity contribution in [3.8, 4) is 22.6 Å². The minimum Gasteiger partial charge on any atom is -0.192 e.